The summed E-state index contributed by atoms with van der Waals surface area (Å²) in [6, 6.07) is 6.33. The second-order valence-electron chi connectivity index (χ2n) is 3.50. The van der Waals surface area contributed by atoms with Gasteiger partial charge < -0.3 is 0 Å². The Morgan fingerprint density at radius 3 is 2.85 bits per heavy atom. The number of aromatic nitrogens is 2. The van der Waals surface area contributed by atoms with Crippen molar-refractivity contribution in [3.8, 4) is 0 Å². The maximum absolute atomic E-state index is 4.17. The smallest absolute Gasteiger partial charge is 0.116 e. The minimum Gasteiger partial charge on any atom is -0.244 e. The van der Waals surface area contributed by atoms with Crippen LogP contribution in [0.4, 0.5) is 0 Å². The van der Waals surface area contributed by atoms with Gasteiger partial charge in [-0.3, -0.25) is 0 Å². The molecule has 0 radical (unpaired) electrons. The van der Waals surface area contributed by atoms with Gasteiger partial charge in [0, 0.05) is 11.6 Å². The Hall–Kier alpha value is -1.44. The highest BCUT2D eigenvalue weighted by molar-refractivity contribution is 5.78. The van der Waals surface area contributed by atoms with E-state index in [-0.39, 0.29) is 0 Å². The summed E-state index contributed by atoms with van der Waals surface area (Å²) in [5.74, 6) is 0.560. The molecular formula is C11H12N2. The lowest BCUT2D eigenvalue weighted by molar-refractivity contribution is 0.868. The van der Waals surface area contributed by atoms with Crippen molar-refractivity contribution in [2.75, 3.05) is 0 Å². The van der Waals surface area contributed by atoms with E-state index in [9.17, 15) is 0 Å². The fourth-order valence-corrected chi connectivity index (χ4v) is 1.36. The van der Waals surface area contributed by atoms with Crippen LogP contribution < -0.4 is 0 Å². The molecule has 0 saturated heterocycles. The fraction of sp³-hybridized carbons (Fsp3) is 0.273. The molecule has 0 aliphatic rings. The largest absolute Gasteiger partial charge is 0.244 e. The summed E-state index contributed by atoms with van der Waals surface area (Å²) in [4.78, 5) is 8.17. The average Bonchev–Trinajstić information content (AvgIpc) is 2.17. The maximum atomic E-state index is 4.17. The van der Waals surface area contributed by atoms with Crippen molar-refractivity contribution in [2.24, 2.45) is 0 Å². The molecule has 0 aliphatic carbocycles. The lowest BCUT2D eigenvalue weighted by Gasteiger charge is -2.05. The minimum absolute atomic E-state index is 0.560. The zero-order valence-electron chi connectivity index (χ0n) is 7.86. The van der Waals surface area contributed by atoms with E-state index in [0.717, 1.165) is 10.9 Å². The third kappa shape index (κ3) is 1.52. The fourth-order valence-electron chi connectivity index (χ4n) is 1.36. The van der Waals surface area contributed by atoms with Gasteiger partial charge in [-0.05, 0) is 23.6 Å². The highest BCUT2D eigenvalue weighted by Crippen LogP contribution is 2.18. The molecule has 0 amide bonds. The molecule has 1 aromatic heterocycles. The highest BCUT2D eigenvalue weighted by Gasteiger charge is 2.00. The standard InChI is InChI=1S/C11H12N2/c1-8(2)9-3-4-11-10(5-9)6-12-7-13-11/h3-8H,1-2H3. The predicted molar refractivity (Wildman–Crippen MR) is 53.6 cm³/mol. The summed E-state index contributed by atoms with van der Waals surface area (Å²) < 4.78 is 0. The maximum Gasteiger partial charge on any atom is 0.116 e. The summed E-state index contributed by atoms with van der Waals surface area (Å²) >= 11 is 0. The van der Waals surface area contributed by atoms with Crippen molar-refractivity contribution in [1.82, 2.24) is 9.97 Å². The molecule has 0 N–H and O–H groups in total. The van der Waals surface area contributed by atoms with E-state index in [4.69, 9.17) is 0 Å². The lowest BCUT2D eigenvalue weighted by Crippen LogP contribution is -1.88. The number of rotatable bonds is 1. The molecular weight excluding hydrogens is 160 g/mol. The van der Waals surface area contributed by atoms with Gasteiger partial charge in [0.05, 0.1) is 5.52 Å². The Morgan fingerprint density at radius 1 is 1.23 bits per heavy atom. The van der Waals surface area contributed by atoms with E-state index in [1.807, 2.05) is 12.3 Å². The van der Waals surface area contributed by atoms with E-state index in [0.29, 0.717) is 5.92 Å². The molecule has 2 rings (SSSR count). The monoisotopic (exact) mass is 172 g/mol. The summed E-state index contributed by atoms with van der Waals surface area (Å²) in [6.07, 6.45) is 3.44. The van der Waals surface area contributed by atoms with Crippen LogP contribution in [0.15, 0.2) is 30.7 Å². The third-order valence-electron chi connectivity index (χ3n) is 2.20. The first-order chi connectivity index (χ1) is 6.27. The number of hydrogen-bond donors (Lipinski definition) is 0. The third-order valence-corrected chi connectivity index (χ3v) is 2.20. The molecule has 0 fully saturated rings. The first-order valence-electron chi connectivity index (χ1n) is 4.47. The number of nitrogens with zero attached hydrogens (tertiary/aromatic N) is 2. The topological polar surface area (TPSA) is 25.8 Å². The Balaban J connectivity index is 2.62. The molecule has 0 atom stereocenters. The highest BCUT2D eigenvalue weighted by atomic mass is 14.8. The lowest BCUT2D eigenvalue weighted by atomic mass is 10.0. The Kier molecular flexibility index (Phi) is 1.97. The molecule has 1 heterocycles. The number of fused-ring (bicyclic) bond motifs is 1. The average molecular weight is 172 g/mol. The van der Waals surface area contributed by atoms with Gasteiger partial charge in [-0.1, -0.05) is 19.9 Å². The van der Waals surface area contributed by atoms with Crippen LogP contribution in [0, 0.1) is 0 Å². The van der Waals surface area contributed by atoms with E-state index < -0.39 is 0 Å². The molecule has 66 valence electrons. The number of benzene rings is 1. The van der Waals surface area contributed by atoms with Crippen molar-refractivity contribution < 1.29 is 0 Å². The first-order valence-corrected chi connectivity index (χ1v) is 4.47. The molecule has 13 heavy (non-hydrogen) atoms. The molecule has 0 unspecified atom stereocenters. The SMILES string of the molecule is CC(C)c1ccc2ncncc2c1. The number of hydrogen-bond acceptors (Lipinski definition) is 2. The van der Waals surface area contributed by atoms with Crippen LogP contribution in [0.2, 0.25) is 0 Å². The van der Waals surface area contributed by atoms with Crippen LogP contribution in [0.1, 0.15) is 25.3 Å². The van der Waals surface area contributed by atoms with Gasteiger partial charge in [-0.25, -0.2) is 9.97 Å². The normalized spacial score (nSPS) is 11.0. The second-order valence-corrected chi connectivity index (χ2v) is 3.50. The van der Waals surface area contributed by atoms with Crippen molar-refractivity contribution in [3.05, 3.63) is 36.3 Å². The quantitative estimate of drug-likeness (QED) is 0.661. The summed E-state index contributed by atoms with van der Waals surface area (Å²) in [5.41, 5.74) is 2.35. The van der Waals surface area contributed by atoms with Gasteiger partial charge in [-0.2, -0.15) is 0 Å². The molecule has 2 aromatic rings. The molecule has 2 nitrogen and oxygen atoms in total. The van der Waals surface area contributed by atoms with Gasteiger partial charge in [0.2, 0.25) is 0 Å². The summed E-state index contributed by atoms with van der Waals surface area (Å²) in [6.45, 7) is 4.37. The van der Waals surface area contributed by atoms with Crippen molar-refractivity contribution in [2.45, 2.75) is 19.8 Å². The Morgan fingerprint density at radius 2 is 2.08 bits per heavy atom. The molecule has 0 saturated carbocycles. The Labute approximate surface area is 77.6 Å². The zero-order valence-corrected chi connectivity index (χ0v) is 7.86. The van der Waals surface area contributed by atoms with E-state index >= 15 is 0 Å². The van der Waals surface area contributed by atoms with Gasteiger partial charge in [0.15, 0.2) is 0 Å². The summed E-state index contributed by atoms with van der Waals surface area (Å²) in [5, 5.41) is 1.12. The van der Waals surface area contributed by atoms with Gasteiger partial charge >= 0.3 is 0 Å². The molecule has 0 bridgehead atoms. The predicted octanol–water partition coefficient (Wildman–Crippen LogP) is 2.75. The van der Waals surface area contributed by atoms with E-state index in [1.165, 1.54) is 5.56 Å². The molecule has 1 aromatic carbocycles. The molecule has 0 spiro atoms. The van der Waals surface area contributed by atoms with Crippen LogP contribution in [-0.4, -0.2) is 9.97 Å². The minimum atomic E-state index is 0.560. The van der Waals surface area contributed by atoms with Crippen molar-refractivity contribution in [3.63, 3.8) is 0 Å². The van der Waals surface area contributed by atoms with Crippen LogP contribution in [0.5, 0.6) is 0 Å². The van der Waals surface area contributed by atoms with Gasteiger partial charge in [-0.15, -0.1) is 0 Å². The first kappa shape index (κ1) is 8.17. The summed E-state index contributed by atoms with van der Waals surface area (Å²) in [7, 11) is 0. The van der Waals surface area contributed by atoms with Crippen molar-refractivity contribution >= 4 is 10.9 Å². The van der Waals surface area contributed by atoms with E-state index in [2.05, 4.69) is 35.9 Å². The van der Waals surface area contributed by atoms with Gasteiger partial charge in [0.1, 0.15) is 6.33 Å². The Bertz CT molecular complexity index is 421. The van der Waals surface area contributed by atoms with Crippen LogP contribution in [0.25, 0.3) is 10.9 Å². The van der Waals surface area contributed by atoms with Crippen LogP contribution in [0.3, 0.4) is 0 Å². The van der Waals surface area contributed by atoms with Gasteiger partial charge in [0.25, 0.3) is 0 Å². The molecule has 2 heteroatoms. The van der Waals surface area contributed by atoms with E-state index in [1.54, 1.807) is 6.33 Å². The van der Waals surface area contributed by atoms with Crippen LogP contribution in [-0.2, 0) is 0 Å². The van der Waals surface area contributed by atoms with Crippen LogP contribution >= 0.6 is 0 Å². The molecule has 0 aliphatic heterocycles. The van der Waals surface area contributed by atoms with Crippen molar-refractivity contribution in [1.29, 1.82) is 0 Å². The zero-order chi connectivity index (χ0) is 9.26. The second kappa shape index (κ2) is 3.13.